The van der Waals surface area contributed by atoms with Crippen LogP contribution in [0, 0.1) is 22.0 Å². The number of hydrogen-bond acceptors (Lipinski definition) is 9. The molecule has 0 bridgehead atoms. The van der Waals surface area contributed by atoms with Gasteiger partial charge in [0.25, 0.3) is 17.5 Å². The Morgan fingerprint density at radius 1 is 1.02 bits per heavy atom. The van der Waals surface area contributed by atoms with Crippen molar-refractivity contribution >= 4 is 40.8 Å². The zero-order chi connectivity index (χ0) is 32.1. The summed E-state index contributed by atoms with van der Waals surface area (Å²) in [5.74, 6) is -4.86. The third-order valence-electron chi connectivity index (χ3n) is 7.38. The monoisotopic (exact) mass is 595 g/mol. The molecule has 0 aliphatic carbocycles. The van der Waals surface area contributed by atoms with Crippen LogP contribution >= 0.6 is 0 Å². The number of ketones is 1. The normalized spacial score (nSPS) is 18.3. The van der Waals surface area contributed by atoms with Gasteiger partial charge in [0.1, 0.15) is 11.8 Å². The van der Waals surface area contributed by atoms with Gasteiger partial charge in [0.05, 0.1) is 11.0 Å². The average molecular weight is 596 g/mol. The molecule has 1 fully saturated rings. The van der Waals surface area contributed by atoms with Gasteiger partial charge in [-0.15, -0.1) is 0 Å². The van der Waals surface area contributed by atoms with Crippen molar-refractivity contribution in [1.82, 2.24) is 10.2 Å². The fourth-order valence-corrected chi connectivity index (χ4v) is 5.21. The number of Topliss-reactive ketones (excluding diaryl/α,β-unsaturated/α-hetero) is 1. The number of benzene rings is 2. The lowest BCUT2D eigenvalue weighted by atomic mass is 9.74. The molecule has 0 spiro atoms. The largest absolute Gasteiger partial charge is 0.508 e. The maximum atomic E-state index is 14.2. The fourth-order valence-electron chi connectivity index (χ4n) is 5.21. The van der Waals surface area contributed by atoms with E-state index in [1.807, 2.05) is 13.8 Å². The van der Waals surface area contributed by atoms with Gasteiger partial charge in [-0.2, -0.15) is 0 Å². The van der Waals surface area contributed by atoms with E-state index < -0.39 is 57.9 Å². The first-order valence-electron chi connectivity index (χ1n) is 14.0. The summed E-state index contributed by atoms with van der Waals surface area (Å²) in [5, 5.41) is 25.7. The number of hydrogen-bond donors (Lipinski definition) is 4. The summed E-state index contributed by atoms with van der Waals surface area (Å²) in [5.41, 5.74) is 4.48. The third-order valence-corrected chi connectivity index (χ3v) is 7.38. The average Bonchev–Trinajstić information content (AvgIpc) is 2.94. The van der Waals surface area contributed by atoms with Gasteiger partial charge < -0.3 is 21.5 Å². The van der Waals surface area contributed by atoms with Crippen LogP contribution in [0.3, 0.4) is 0 Å². The van der Waals surface area contributed by atoms with Crippen molar-refractivity contribution in [3.05, 3.63) is 64.2 Å². The Morgan fingerprint density at radius 2 is 1.63 bits per heavy atom. The van der Waals surface area contributed by atoms with Crippen molar-refractivity contribution < 1.29 is 34.0 Å². The fraction of sp³-hybridized carbons (Fsp3) is 0.433. The predicted octanol–water partition coefficient (Wildman–Crippen LogP) is 2.45. The molecule has 230 valence electrons. The van der Waals surface area contributed by atoms with E-state index in [1.54, 1.807) is 12.1 Å². The van der Waals surface area contributed by atoms with Crippen LogP contribution < -0.4 is 16.4 Å². The Morgan fingerprint density at radius 3 is 2.16 bits per heavy atom. The number of nitro groups is 1. The molecule has 3 rings (SSSR count). The van der Waals surface area contributed by atoms with E-state index in [9.17, 15) is 39.2 Å². The number of phenols is 1. The number of likely N-dealkylation sites (tertiary alicyclic amines) is 1. The van der Waals surface area contributed by atoms with Gasteiger partial charge in [0.2, 0.25) is 11.8 Å². The van der Waals surface area contributed by atoms with Crippen LogP contribution in [-0.2, 0) is 30.4 Å². The van der Waals surface area contributed by atoms with Crippen LogP contribution in [0.5, 0.6) is 5.75 Å². The summed E-state index contributed by atoms with van der Waals surface area (Å²) in [4.78, 5) is 79.3. The molecule has 3 atom stereocenters. The first-order chi connectivity index (χ1) is 20.2. The summed E-state index contributed by atoms with van der Waals surface area (Å²) < 4.78 is 0. The Bertz CT molecular complexity index is 1390. The van der Waals surface area contributed by atoms with Gasteiger partial charge in [-0.05, 0) is 54.5 Å². The molecule has 2 aromatic carbocycles. The van der Waals surface area contributed by atoms with Crippen molar-refractivity contribution in [2.24, 2.45) is 17.6 Å². The van der Waals surface area contributed by atoms with Crippen LogP contribution in [0.2, 0.25) is 0 Å². The zero-order valence-corrected chi connectivity index (χ0v) is 24.5. The molecule has 0 saturated carbocycles. The van der Waals surface area contributed by atoms with Crippen LogP contribution in [0.4, 0.5) is 11.4 Å². The second-order valence-corrected chi connectivity index (χ2v) is 11.3. The van der Waals surface area contributed by atoms with Crippen LogP contribution in [-0.4, -0.2) is 62.0 Å². The first-order valence-corrected chi connectivity index (χ1v) is 14.0. The van der Waals surface area contributed by atoms with Gasteiger partial charge in [0, 0.05) is 30.7 Å². The molecule has 13 heteroatoms. The van der Waals surface area contributed by atoms with Gasteiger partial charge in [-0.1, -0.05) is 39.8 Å². The number of nitrogens with zero attached hydrogens (tertiary/aromatic N) is 2. The highest BCUT2D eigenvalue weighted by Crippen LogP contribution is 2.36. The number of nitrogens with two attached hydrogens (primary N) is 1. The van der Waals surface area contributed by atoms with Gasteiger partial charge in [0.15, 0.2) is 11.3 Å². The lowest BCUT2D eigenvalue weighted by molar-refractivity contribution is -0.384. The third kappa shape index (κ3) is 7.23. The quantitative estimate of drug-likeness (QED) is 0.171. The van der Waals surface area contributed by atoms with Crippen molar-refractivity contribution in [2.75, 3.05) is 5.32 Å². The van der Waals surface area contributed by atoms with E-state index in [0.29, 0.717) is 10.5 Å². The number of nitrogens with one attached hydrogen (secondary N) is 2. The number of nitro benzene ring substituents is 1. The lowest BCUT2D eigenvalue weighted by Crippen LogP contribution is -2.72. The first kappa shape index (κ1) is 32.9. The maximum Gasteiger partial charge on any atom is 0.269 e. The van der Waals surface area contributed by atoms with E-state index in [4.69, 9.17) is 5.73 Å². The van der Waals surface area contributed by atoms with E-state index in [2.05, 4.69) is 10.6 Å². The van der Waals surface area contributed by atoms with E-state index in [0.717, 1.165) is 0 Å². The summed E-state index contributed by atoms with van der Waals surface area (Å²) in [6, 6.07) is 8.67. The number of anilines is 1. The molecule has 0 unspecified atom stereocenters. The SMILES string of the molecule is CC(C)C[C@H](NC(=O)[C@@H](N)Cc1ccc(O)cc1)C(=O)N1C(=O)CCC(=O)[C@@]1(C(=O)Nc1ccc([N+](=O)[O-])cc1)C(C)C. The smallest absolute Gasteiger partial charge is 0.269 e. The van der Waals surface area contributed by atoms with Gasteiger partial charge in [-0.25, -0.2) is 0 Å². The molecule has 1 saturated heterocycles. The highest BCUT2D eigenvalue weighted by molar-refractivity contribution is 6.23. The molecule has 2 aromatic rings. The Labute approximate surface area is 249 Å². The molecule has 4 amide bonds. The molecule has 13 nitrogen and oxygen atoms in total. The molecular weight excluding hydrogens is 558 g/mol. The van der Waals surface area contributed by atoms with Crippen LogP contribution in [0.25, 0.3) is 0 Å². The number of carbonyl (C=O) groups excluding carboxylic acids is 5. The van der Waals surface area contributed by atoms with Gasteiger partial charge >= 0.3 is 0 Å². The molecule has 1 heterocycles. The van der Waals surface area contributed by atoms with E-state index in [-0.39, 0.29) is 48.7 Å². The minimum absolute atomic E-state index is 0.0522. The number of imide groups is 1. The number of amides is 4. The van der Waals surface area contributed by atoms with E-state index >= 15 is 0 Å². The highest BCUT2D eigenvalue weighted by Gasteiger charge is 2.60. The second-order valence-electron chi connectivity index (χ2n) is 11.3. The number of aromatic hydroxyl groups is 1. The van der Waals surface area contributed by atoms with Crippen molar-refractivity contribution in [3.63, 3.8) is 0 Å². The topological polar surface area (TPSA) is 202 Å². The highest BCUT2D eigenvalue weighted by atomic mass is 16.6. The summed E-state index contributed by atoms with van der Waals surface area (Å²) >= 11 is 0. The van der Waals surface area contributed by atoms with Crippen molar-refractivity contribution in [2.45, 2.75) is 71.0 Å². The van der Waals surface area contributed by atoms with Crippen LogP contribution in [0.15, 0.2) is 48.5 Å². The molecule has 5 N–H and O–H groups in total. The molecule has 0 aromatic heterocycles. The van der Waals surface area contributed by atoms with Crippen molar-refractivity contribution in [1.29, 1.82) is 0 Å². The number of rotatable bonds is 11. The number of piperidine rings is 1. The molecular formula is C30H37N5O8. The number of non-ortho nitro benzene ring substituents is 1. The van der Waals surface area contributed by atoms with Crippen LogP contribution in [0.1, 0.15) is 52.5 Å². The van der Waals surface area contributed by atoms with Crippen molar-refractivity contribution in [3.8, 4) is 5.75 Å². The number of phenolic OH excluding ortho intramolecular Hbond substituents is 1. The second kappa shape index (κ2) is 13.6. The number of carbonyl (C=O) groups is 5. The molecule has 43 heavy (non-hydrogen) atoms. The Hall–Kier alpha value is -4.65. The lowest BCUT2D eigenvalue weighted by Gasteiger charge is -2.46. The van der Waals surface area contributed by atoms with E-state index in [1.165, 1.54) is 50.2 Å². The molecule has 1 aliphatic heterocycles. The van der Waals surface area contributed by atoms with Gasteiger partial charge in [-0.3, -0.25) is 39.0 Å². The molecule has 0 radical (unpaired) electrons. The minimum atomic E-state index is -2.23. The standard InChI is InChI=1S/C30H37N5O8/c1-17(2)15-24(33-27(39)23(31)16-19-5-11-22(36)12-6-19)28(40)34-26(38)14-13-25(37)30(34,18(3)4)29(41)32-20-7-9-21(10-8-20)35(42)43/h5-12,17-18,23-24,36H,13-16,31H2,1-4H3,(H,32,41)(H,33,39)/t23-,24-,30+/m0/s1. The Balaban J connectivity index is 1.95. The Kier molecular flexibility index (Phi) is 10.4. The summed E-state index contributed by atoms with van der Waals surface area (Å²) in [6.45, 7) is 6.69. The summed E-state index contributed by atoms with van der Waals surface area (Å²) in [6.07, 6.45) is -0.379. The zero-order valence-electron chi connectivity index (χ0n) is 24.5. The molecule has 1 aliphatic rings. The summed E-state index contributed by atoms with van der Waals surface area (Å²) in [7, 11) is 0. The minimum Gasteiger partial charge on any atom is -0.508 e. The predicted molar refractivity (Wildman–Crippen MR) is 157 cm³/mol. The maximum absolute atomic E-state index is 14.2.